The fourth-order valence-electron chi connectivity index (χ4n) is 1.32. The van der Waals surface area contributed by atoms with Crippen LogP contribution >= 0.6 is 0 Å². The van der Waals surface area contributed by atoms with Crippen LogP contribution in [0.1, 0.15) is 25.0 Å². The van der Waals surface area contributed by atoms with Crippen molar-refractivity contribution < 1.29 is 13.2 Å². The molecule has 1 aliphatic carbocycles. The minimum absolute atomic E-state index is 0.0644. The summed E-state index contributed by atoms with van der Waals surface area (Å²) in [5.74, 6) is 0.0644. The fraction of sp³-hybridized carbons (Fsp3) is 0.556. The van der Waals surface area contributed by atoms with Crippen molar-refractivity contribution >= 4 is 5.95 Å². The average molecular weight is 217 g/mol. The van der Waals surface area contributed by atoms with Gasteiger partial charge in [-0.25, -0.2) is 9.97 Å². The molecule has 0 saturated heterocycles. The number of halogens is 3. The standard InChI is InChI=1S/C9H10F3N3/c10-9(11,12)7-4-5-13-8(15-7)14-6-2-1-3-6/h4-6H,1-3H2,(H,13,14,15). The zero-order chi connectivity index (χ0) is 10.9. The van der Waals surface area contributed by atoms with Crippen molar-refractivity contribution in [3.05, 3.63) is 18.0 Å². The molecule has 15 heavy (non-hydrogen) atoms. The van der Waals surface area contributed by atoms with E-state index in [1.54, 1.807) is 0 Å². The molecular weight excluding hydrogens is 207 g/mol. The summed E-state index contributed by atoms with van der Waals surface area (Å²) in [5, 5.41) is 2.87. The Kier molecular flexibility index (Phi) is 2.50. The van der Waals surface area contributed by atoms with Gasteiger partial charge >= 0.3 is 6.18 Å². The normalized spacial score (nSPS) is 17.3. The van der Waals surface area contributed by atoms with Gasteiger partial charge in [0, 0.05) is 12.2 Å². The highest BCUT2D eigenvalue weighted by molar-refractivity contribution is 5.28. The minimum Gasteiger partial charge on any atom is -0.351 e. The third kappa shape index (κ3) is 2.37. The van der Waals surface area contributed by atoms with Gasteiger partial charge in [-0.05, 0) is 25.3 Å². The summed E-state index contributed by atoms with van der Waals surface area (Å²) in [4.78, 5) is 7.17. The molecule has 2 rings (SSSR count). The highest BCUT2D eigenvalue weighted by Crippen LogP contribution is 2.28. The van der Waals surface area contributed by atoms with Gasteiger partial charge in [-0.1, -0.05) is 0 Å². The van der Waals surface area contributed by atoms with Crippen molar-refractivity contribution in [1.82, 2.24) is 9.97 Å². The number of hydrogen-bond donors (Lipinski definition) is 1. The number of aromatic nitrogens is 2. The van der Waals surface area contributed by atoms with Gasteiger partial charge in [0.2, 0.25) is 5.95 Å². The summed E-state index contributed by atoms with van der Waals surface area (Å²) < 4.78 is 36.8. The molecule has 1 heterocycles. The first-order chi connectivity index (χ1) is 7.05. The Morgan fingerprint density at radius 3 is 2.60 bits per heavy atom. The number of anilines is 1. The van der Waals surface area contributed by atoms with Gasteiger partial charge in [-0.3, -0.25) is 0 Å². The highest BCUT2D eigenvalue weighted by Gasteiger charge is 2.33. The maximum absolute atomic E-state index is 12.3. The van der Waals surface area contributed by atoms with Crippen molar-refractivity contribution in [3.8, 4) is 0 Å². The van der Waals surface area contributed by atoms with Crippen molar-refractivity contribution in [3.63, 3.8) is 0 Å². The van der Waals surface area contributed by atoms with E-state index in [1.165, 1.54) is 0 Å². The lowest BCUT2D eigenvalue weighted by Gasteiger charge is -2.26. The highest BCUT2D eigenvalue weighted by atomic mass is 19.4. The zero-order valence-electron chi connectivity index (χ0n) is 7.88. The number of nitrogens with one attached hydrogen (secondary N) is 1. The largest absolute Gasteiger partial charge is 0.433 e. The summed E-state index contributed by atoms with van der Waals surface area (Å²) in [6, 6.07) is 1.10. The second-order valence-corrected chi connectivity index (χ2v) is 3.54. The van der Waals surface area contributed by atoms with Crippen LogP contribution in [0.4, 0.5) is 19.1 Å². The smallest absolute Gasteiger partial charge is 0.351 e. The molecule has 0 amide bonds. The Morgan fingerprint density at radius 1 is 1.33 bits per heavy atom. The van der Waals surface area contributed by atoms with Crippen LogP contribution in [-0.4, -0.2) is 16.0 Å². The molecule has 3 nitrogen and oxygen atoms in total. The van der Waals surface area contributed by atoms with Crippen molar-refractivity contribution in [2.75, 3.05) is 5.32 Å². The van der Waals surface area contributed by atoms with Crippen molar-refractivity contribution in [2.45, 2.75) is 31.5 Å². The van der Waals surface area contributed by atoms with E-state index < -0.39 is 11.9 Å². The monoisotopic (exact) mass is 217 g/mol. The summed E-state index contributed by atoms with van der Waals surface area (Å²) >= 11 is 0. The summed E-state index contributed by atoms with van der Waals surface area (Å²) in [6.45, 7) is 0. The Hall–Kier alpha value is -1.33. The third-order valence-corrected chi connectivity index (χ3v) is 2.38. The van der Waals surface area contributed by atoms with E-state index in [9.17, 15) is 13.2 Å². The maximum Gasteiger partial charge on any atom is 0.433 e. The summed E-state index contributed by atoms with van der Waals surface area (Å²) in [6.07, 6.45) is -0.231. The van der Waals surface area contributed by atoms with Crippen LogP contribution in [-0.2, 0) is 6.18 Å². The second-order valence-electron chi connectivity index (χ2n) is 3.54. The third-order valence-electron chi connectivity index (χ3n) is 2.38. The van der Waals surface area contributed by atoms with Gasteiger partial charge in [0.1, 0.15) is 5.69 Å². The number of hydrogen-bond acceptors (Lipinski definition) is 3. The lowest BCUT2D eigenvalue weighted by molar-refractivity contribution is -0.141. The summed E-state index contributed by atoms with van der Waals surface area (Å²) in [7, 11) is 0. The van der Waals surface area contributed by atoms with E-state index in [-0.39, 0.29) is 12.0 Å². The van der Waals surface area contributed by atoms with Gasteiger partial charge in [0.25, 0.3) is 0 Å². The van der Waals surface area contributed by atoms with Crippen LogP contribution in [0.3, 0.4) is 0 Å². The molecule has 82 valence electrons. The average Bonchev–Trinajstić information content (AvgIpc) is 2.11. The molecule has 1 aromatic heterocycles. The van der Waals surface area contributed by atoms with Gasteiger partial charge in [-0.2, -0.15) is 13.2 Å². The molecule has 0 radical (unpaired) electrons. The molecule has 0 bridgehead atoms. The van der Waals surface area contributed by atoms with E-state index in [2.05, 4.69) is 15.3 Å². The molecule has 0 aliphatic heterocycles. The lowest BCUT2D eigenvalue weighted by Crippen LogP contribution is -2.28. The van der Waals surface area contributed by atoms with Crippen LogP contribution < -0.4 is 5.32 Å². The van der Waals surface area contributed by atoms with Crippen molar-refractivity contribution in [1.29, 1.82) is 0 Å². The van der Waals surface area contributed by atoms with E-state index in [0.717, 1.165) is 31.5 Å². The Balaban J connectivity index is 2.11. The van der Waals surface area contributed by atoms with Crippen LogP contribution in [0, 0.1) is 0 Å². The first kappa shape index (κ1) is 10.2. The number of rotatable bonds is 2. The van der Waals surface area contributed by atoms with Gasteiger partial charge in [0.15, 0.2) is 0 Å². The molecule has 0 unspecified atom stereocenters. The first-order valence-corrected chi connectivity index (χ1v) is 4.72. The predicted molar refractivity (Wildman–Crippen MR) is 48.3 cm³/mol. The van der Waals surface area contributed by atoms with Crippen molar-refractivity contribution in [2.24, 2.45) is 0 Å². The van der Waals surface area contributed by atoms with Gasteiger partial charge < -0.3 is 5.32 Å². The molecule has 0 aromatic carbocycles. The minimum atomic E-state index is -4.40. The Bertz CT molecular complexity index is 347. The maximum atomic E-state index is 12.3. The van der Waals surface area contributed by atoms with Crippen LogP contribution in [0.15, 0.2) is 12.3 Å². The lowest BCUT2D eigenvalue weighted by atomic mass is 9.93. The van der Waals surface area contributed by atoms with E-state index in [4.69, 9.17) is 0 Å². The molecule has 1 aromatic rings. The molecule has 1 fully saturated rings. The quantitative estimate of drug-likeness (QED) is 0.826. The molecule has 6 heteroatoms. The molecule has 0 spiro atoms. The topological polar surface area (TPSA) is 37.8 Å². The van der Waals surface area contributed by atoms with Crippen LogP contribution in [0.25, 0.3) is 0 Å². The fourth-order valence-corrected chi connectivity index (χ4v) is 1.32. The molecule has 0 atom stereocenters. The molecule has 1 N–H and O–H groups in total. The number of alkyl halides is 3. The number of nitrogens with zero attached hydrogens (tertiary/aromatic N) is 2. The first-order valence-electron chi connectivity index (χ1n) is 4.72. The van der Waals surface area contributed by atoms with Gasteiger partial charge in [-0.15, -0.1) is 0 Å². The predicted octanol–water partition coefficient (Wildman–Crippen LogP) is 2.46. The van der Waals surface area contributed by atoms with Crippen LogP contribution in [0.2, 0.25) is 0 Å². The molecule has 1 aliphatic rings. The van der Waals surface area contributed by atoms with Crippen LogP contribution in [0.5, 0.6) is 0 Å². The van der Waals surface area contributed by atoms with E-state index >= 15 is 0 Å². The van der Waals surface area contributed by atoms with E-state index in [0.29, 0.717) is 0 Å². The molecule has 1 saturated carbocycles. The Morgan fingerprint density at radius 2 is 2.07 bits per heavy atom. The second kappa shape index (κ2) is 3.67. The zero-order valence-corrected chi connectivity index (χ0v) is 7.88. The summed E-state index contributed by atoms with van der Waals surface area (Å²) in [5.41, 5.74) is -0.903. The SMILES string of the molecule is FC(F)(F)c1ccnc(NC2CCC2)n1. The molecular formula is C9H10F3N3. The van der Waals surface area contributed by atoms with Gasteiger partial charge in [0.05, 0.1) is 0 Å². The Labute approximate surface area is 84.7 Å². The van der Waals surface area contributed by atoms with E-state index in [1.807, 2.05) is 0 Å².